The molecule has 0 aliphatic heterocycles. The predicted octanol–water partition coefficient (Wildman–Crippen LogP) is 6.23. The van der Waals surface area contributed by atoms with Crippen molar-refractivity contribution in [1.29, 1.82) is 0 Å². The van der Waals surface area contributed by atoms with E-state index in [1.54, 1.807) is 6.07 Å². The Morgan fingerprint density at radius 3 is 1.30 bits per heavy atom. The summed E-state index contributed by atoms with van der Waals surface area (Å²) < 4.78 is 11.7. The Morgan fingerprint density at radius 2 is 0.967 bits per heavy atom. The van der Waals surface area contributed by atoms with Crippen molar-refractivity contribution in [3.63, 3.8) is 0 Å². The lowest BCUT2D eigenvalue weighted by atomic mass is 9.87. The second kappa shape index (κ2) is 8.86. The number of benzene rings is 2. The van der Waals surface area contributed by atoms with Crippen molar-refractivity contribution in [1.82, 2.24) is 9.97 Å². The minimum Gasteiger partial charge on any atom is -0.473 e. The van der Waals surface area contributed by atoms with Crippen LogP contribution in [0.5, 0.6) is 11.8 Å². The van der Waals surface area contributed by atoms with Crippen LogP contribution in [0.4, 0.5) is 0 Å². The van der Waals surface area contributed by atoms with Gasteiger partial charge in [-0.3, -0.25) is 0 Å². The van der Waals surface area contributed by atoms with Crippen LogP contribution in [0, 0.1) is 0 Å². The number of rotatable bonds is 6. The molecule has 0 spiro atoms. The first-order valence-corrected chi connectivity index (χ1v) is 10.4. The highest BCUT2D eigenvalue weighted by molar-refractivity contribution is 5.29. The summed E-state index contributed by atoms with van der Waals surface area (Å²) in [4.78, 5) is 8.38. The summed E-state index contributed by atoms with van der Waals surface area (Å²) in [6, 6.07) is 18.7. The van der Waals surface area contributed by atoms with Crippen molar-refractivity contribution in [3.05, 3.63) is 83.2 Å². The Kier molecular flexibility index (Phi) is 6.45. The van der Waals surface area contributed by atoms with E-state index in [-0.39, 0.29) is 10.8 Å². The van der Waals surface area contributed by atoms with Crippen molar-refractivity contribution in [2.45, 2.75) is 65.6 Å². The lowest BCUT2D eigenvalue weighted by molar-refractivity contribution is 0.273. The maximum absolute atomic E-state index is 5.83. The molecular weight excluding hydrogens is 372 g/mol. The highest BCUT2D eigenvalue weighted by Gasteiger charge is 2.14. The topological polar surface area (TPSA) is 44.2 Å². The molecule has 0 radical (unpaired) electrons. The van der Waals surface area contributed by atoms with Gasteiger partial charge in [0.15, 0.2) is 0 Å². The molecule has 3 rings (SSSR count). The predicted molar refractivity (Wildman–Crippen MR) is 121 cm³/mol. The van der Waals surface area contributed by atoms with Gasteiger partial charge in [-0.15, -0.1) is 0 Å². The zero-order chi connectivity index (χ0) is 21.8. The summed E-state index contributed by atoms with van der Waals surface area (Å²) in [5, 5.41) is 0. The Bertz CT molecular complexity index is 873. The molecule has 1 heterocycles. The summed E-state index contributed by atoms with van der Waals surface area (Å²) in [5.74, 6) is 1.01. The van der Waals surface area contributed by atoms with E-state index in [4.69, 9.17) is 9.47 Å². The molecule has 0 unspecified atom stereocenters. The van der Waals surface area contributed by atoms with Gasteiger partial charge in [-0.25, -0.2) is 9.97 Å². The van der Waals surface area contributed by atoms with Gasteiger partial charge in [0.2, 0.25) is 11.8 Å². The van der Waals surface area contributed by atoms with E-state index in [9.17, 15) is 0 Å². The van der Waals surface area contributed by atoms with Crippen molar-refractivity contribution in [2.75, 3.05) is 0 Å². The van der Waals surface area contributed by atoms with E-state index in [0.717, 1.165) is 11.1 Å². The maximum Gasteiger partial charge on any atom is 0.220 e. The molecule has 0 bridgehead atoms. The Morgan fingerprint density at radius 1 is 0.600 bits per heavy atom. The van der Waals surface area contributed by atoms with E-state index in [0.29, 0.717) is 25.0 Å². The fraction of sp³-hybridized carbons (Fsp3) is 0.385. The van der Waals surface area contributed by atoms with E-state index in [2.05, 4.69) is 100 Å². The molecule has 0 N–H and O–H groups in total. The summed E-state index contributed by atoms with van der Waals surface area (Å²) in [6.45, 7) is 14.2. The molecule has 0 amide bonds. The molecule has 2 aromatic carbocycles. The van der Waals surface area contributed by atoms with Gasteiger partial charge < -0.3 is 9.47 Å². The first kappa shape index (κ1) is 21.8. The first-order valence-electron chi connectivity index (χ1n) is 10.4. The third kappa shape index (κ3) is 6.06. The Hall–Kier alpha value is -2.88. The largest absolute Gasteiger partial charge is 0.473 e. The second-order valence-electron chi connectivity index (χ2n) is 9.67. The molecule has 30 heavy (non-hydrogen) atoms. The number of nitrogens with zero attached hydrogens (tertiary/aromatic N) is 2. The van der Waals surface area contributed by atoms with Gasteiger partial charge in [-0.2, -0.15) is 0 Å². The fourth-order valence-electron chi connectivity index (χ4n) is 3.00. The van der Waals surface area contributed by atoms with Gasteiger partial charge in [0, 0.05) is 0 Å². The molecule has 0 saturated heterocycles. The van der Waals surface area contributed by atoms with E-state index >= 15 is 0 Å². The van der Waals surface area contributed by atoms with Crippen molar-refractivity contribution < 1.29 is 9.47 Å². The summed E-state index contributed by atoms with van der Waals surface area (Å²) >= 11 is 0. The molecule has 0 atom stereocenters. The third-order valence-electron chi connectivity index (χ3n) is 5.03. The third-order valence-corrected chi connectivity index (χ3v) is 5.03. The fourth-order valence-corrected chi connectivity index (χ4v) is 3.00. The van der Waals surface area contributed by atoms with Crippen LogP contribution in [0.15, 0.2) is 60.9 Å². The molecule has 3 aromatic rings. The summed E-state index contributed by atoms with van der Waals surface area (Å²) in [7, 11) is 0. The molecule has 4 heteroatoms. The normalized spacial score (nSPS) is 11.9. The molecule has 0 fully saturated rings. The van der Waals surface area contributed by atoms with Gasteiger partial charge in [0.05, 0.1) is 6.07 Å². The zero-order valence-corrected chi connectivity index (χ0v) is 18.9. The first-order chi connectivity index (χ1) is 14.1. The van der Waals surface area contributed by atoms with Crippen LogP contribution in [-0.4, -0.2) is 9.97 Å². The summed E-state index contributed by atoms with van der Waals surface area (Å²) in [6.07, 6.45) is 1.47. The van der Waals surface area contributed by atoms with Crippen molar-refractivity contribution in [3.8, 4) is 11.8 Å². The summed E-state index contributed by atoms with van der Waals surface area (Å²) in [5.41, 5.74) is 5.10. The number of aromatic nitrogens is 2. The Balaban J connectivity index is 1.56. The van der Waals surface area contributed by atoms with Gasteiger partial charge in [-0.1, -0.05) is 90.1 Å². The lowest BCUT2D eigenvalue weighted by Crippen LogP contribution is -2.11. The van der Waals surface area contributed by atoms with Crippen LogP contribution in [0.1, 0.15) is 63.8 Å². The van der Waals surface area contributed by atoms with E-state index in [1.165, 1.54) is 17.5 Å². The average Bonchev–Trinajstić information content (AvgIpc) is 2.70. The van der Waals surface area contributed by atoms with Gasteiger partial charge in [0.25, 0.3) is 0 Å². The van der Waals surface area contributed by atoms with E-state index in [1.807, 2.05) is 0 Å². The molecular formula is C26H32N2O2. The van der Waals surface area contributed by atoms with Gasteiger partial charge in [0.1, 0.15) is 19.5 Å². The molecule has 158 valence electrons. The SMILES string of the molecule is CC(C)(C)c1ccc(COc2cc(OCc3ccc(C(C)(C)C)cc3)ncn2)cc1. The smallest absolute Gasteiger partial charge is 0.220 e. The molecule has 4 nitrogen and oxygen atoms in total. The highest BCUT2D eigenvalue weighted by Crippen LogP contribution is 2.24. The number of hydrogen-bond donors (Lipinski definition) is 0. The average molecular weight is 405 g/mol. The van der Waals surface area contributed by atoms with E-state index < -0.39 is 0 Å². The molecule has 1 aromatic heterocycles. The van der Waals surface area contributed by atoms with Crippen LogP contribution < -0.4 is 9.47 Å². The van der Waals surface area contributed by atoms with Crippen molar-refractivity contribution >= 4 is 0 Å². The lowest BCUT2D eigenvalue weighted by Gasteiger charge is -2.19. The maximum atomic E-state index is 5.83. The van der Waals surface area contributed by atoms with Crippen LogP contribution in [0.3, 0.4) is 0 Å². The minimum atomic E-state index is 0.144. The number of ether oxygens (including phenoxy) is 2. The molecule has 0 saturated carbocycles. The monoisotopic (exact) mass is 404 g/mol. The second-order valence-corrected chi connectivity index (χ2v) is 9.67. The van der Waals surface area contributed by atoms with Crippen molar-refractivity contribution in [2.24, 2.45) is 0 Å². The van der Waals surface area contributed by atoms with Crippen LogP contribution in [0.25, 0.3) is 0 Å². The van der Waals surface area contributed by atoms with Crippen LogP contribution >= 0.6 is 0 Å². The molecule has 0 aliphatic rings. The number of hydrogen-bond acceptors (Lipinski definition) is 4. The molecule has 0 aliphatic carbocycles. The van der Waals surface area contributed by atoms with Gasteiger partial charge >= 0.3 is 0 Å². The Labute approximate surface area is 180 Å². The van der Waals surface area contributed by atoms with Gasteiger partial charge in [-0.05, 0) is 33.1 Å². The van der Waals surface area contributed by atoms with Crippen LogP contribution in [0.2, 0.25) is 0 Å². The highest BCUT2D eigenvalue weighted by atomic mass is 16.5. The zero-order valence-electron chi connectivity index (χ0n) is 18.9. The van der Waals surface area contributed by atoms with Crippen LogP contribution in [-0.2, 0) is 24.0 Å². The standard InChI is InChI=1S/C26H32N2O2/c1-25(2,3)21-11-7-19(8-12-21)16-29-23-15-24(28-18-27-23)30-17-20-9-13-22(14-10-20)26(4,5)6/h7-15,18H,16-17H2,1-6H3. The minimum absolute atomic E-state index is 0.144. The quantitative estimate of drug-likeness (QED) is 0.488.